The van der Waals surface area contributed by atoms with Gasteiger partial charge in [-0.15, -0.1) is 0 Å². The third-order valence-electron chi connectivity index (χ3n) is 3.77. The number of nitrogens with two attached hydrogens (primary N) is 1. The molecule has 1 aliphatic rings. The van der Waals surface area contributed by atoms with Crippen LogP contribution in [0.3, 0.4) is 0 Å². The third kappa shape index (κ3) is 3.05. The van der Waals surface area contributed by atoms with E-state index in [0.717, 1.165) is 18.4 Å². The zero-order valence-corrected chi connectivity index (χ0v) is 12.4. The second-order valence-corrected chi connectivity index (χ2v) is 5.69. The Morgan fingerprint density at radius 1 is 1.14 bits per heavy atom. The van der Waals surface area contributed by atoms with Gasteiger partial charge in [-0.3, -0.25) is 0 Å². The SMILES string of the molecule is NC(=S)c1ccc(OCc2ccc3c(c2)CCC3)c(F)c1. The van der Waals surface area contributed by atoms with Crippen LogP contribution in [0.5, 0.6) is 5.75 Å². The molecule has 0 aromatic heterocycles. The average Bonchev–Trinajstić information content (AvgIpc) is 2.93. The third-order valence-corrected chi connectivity index (χ3v) is 4.01. The first-order chi connectivity index (χ1) is 10.1. The minimum atomic E-state index is -0.443. The van der Waals surface area contributed by atoms with E-state index in [1.165, 1.54) is 23.6 Å². The van der Waals surface area contributed by atoms with Gasteiger partial charge in [0.15, 0.2) is 11.6 Å². The highest BCUT2D eigenvalue weighted by atomic mass is 32.1. The summed E-state index contributed by atoms with van der Waals surface area (Å²) in [7, 11) is 0. The summed E-state index contributed by atoms with van der Waals surface area (Å²) in [5.74, 6) is -0.225. The maximum atomic E-state index is 13.9. The van der Waals surface area contributed by atoms with Crippen LogP contribution in [-0.2, 0) is 19.4 Å². The van der Waals surface area contributed by atoms with Gasteiger partial charge >= 0.3 is 0 Å². The Bertz CT molecular complexity index is 699. The highest BCUT2D eigenvalue weighted by Gasteiger charge is 2.11. The van der Waals surface area contributed by atoms with Crippen LogP contribution in [0, 0.1) is 5.82 Å². The zero-order valence-electron chi connectivity index (χ0n) is 11.6. The second kappa shape index (κ2) is 5.82. The van der Waals surface area contributed by atoms with Crippen LogP contribution in [0.15, 0.2) is 36.4 Å². The molecule has 0 radical (unpaired) electrons. The van der Waals surface area contributed by atoms with Gasteiger partial charge in [-0.25, -0.2) is 4.39 Å². The second-order valence-electron chi connectivity index (χ2n) is 5.25. The first-order valence-corrected chi connectivity index (χ1v) is 7.37. The van der Waals surface area contributed by atoms with Gasteiger partial charge < -0.3 is 10.5 Å². The van der Waals surface area contributed by atoms with Crippen molar-refractivity contribution in [3.05, 3.63) is 64.5 Å². The average molecular weight is 301 g/mol. The number of halogens is 1. The fraction of sp³-hybridized carbons (Fsp3) is 0.235. The molecule has 0 unspecified atom stereocenters. The maximum Gasteiger partial charge on any atom is 0.165 e. The van der Waals surface area contributed by atoms with Crippen molar-refractivity contribution in [2.24, 2.45) is 5.73 Å². The van der Waals surface area contributed by atoms with Crippen molar-refractivity contribution in [3.8, 4) is 5.75 Å². The van der Waals surface area contributed by atoms with Crippen LogP contribution in [0.25, 0.3) is 0 Å². The van der Waals surface area contributed by atoms with Gasteiger partial charge in [-0.05, 0) is 54.2 Å². The summed E-state index contributed by atoms with van der Waals surface area (Å²) in [6, 6.07) is 10.9. The quantitative estimate of drug-likeness (QED) is 0.878. The predicted molar refractivity (Wildman–Crippen MR) is 85.1 cm³/mol. The summed E-state index contributed by atoms with van der Waals surface area (Å²) in [6.07, 6.45) is 3.50. The summed E-state index contributed by atoms with van der Waals surface area (Å²) < 4.78 is 19.5. The summed E-state index contributed by atoms with van der Waals surface area (Å²) in [5.41, 5.74) is 9.86. The lowest BCUT2D eigenvalue weighted by molar-refractivity contribution is 0.290. The minimum Gasteiger partial charge on any atom is -0.486 e. The van der Waals surface area contributed by atoms with Crippen LogP contribution in [0.2, 0.25) is 0 Å². The first-order valence-electron chi connectivity index (χ1n) is 6.96. The lowest BCUT2D eigenvalue weighted by Crippen LogP contribution is -2.09. The van der Waals surface area contributed by atoms with Crippen molar-refractivity contribution in [1.82, 2.24) is 0 Å². The summed E-state index contributed by atoms with van der Waals surface area (Å²) in [4.78, 5) is 0.180. The first kappa shape index (κ1) is 14.0. The normalized spacial score (nSPS) is 13.0. The molecule has 0 saturated heterocycles. The number of thiocarbonyl (C=S) groups is 1. The molecule has 2 N–H and O–H groups in total. The molecule has 21 heavy (non-hydrogen) atoms. The van der Waals surface area contributed by atoms with Crippen molar-refractivity contribution >= 4 is 17.2 Å². The van der Waals surface area contributed by atoms with E-state index in [9.17, 15) is 4.39 Å². The number of benzene rings is 2. The zero-order chi connectivity index (χ0) is 14.8. The lowest BCUT2D eigenvalue weighted by atomic mass is 10.1. The van der Waals surface area contributed by atoms with Crippen LogP contribution in [-0.4, -0.2) is 4.99 Å². The molecule has 0 bridgehead atoms. The predicted octanol–water partition coefficient (Wildman–Crippen LogP) is 3.53. The highest BCUT2D eigenvalue weighted by Crippen LogP contribution is 2.24. The molecule has 0 atom stereocenters. The van der Waals surface area contributed by atoms with Gasteiger partial charge in [0.2, 0.25) is 0 Å². The van der Waals surface area contributed by atoms with Crippen LogP contribution < -0.4 is 10.5 Å². The minimum absolute atomic E-state index is 0.180. The molecular weight excluding hydrogens is 285 g/mol. The van der Waals surface area contributed by atoms with Gasteiger partial charge in [-0.2, -0.15) is 0 Å². The molecule has 4 heteroatoms. The molecule has 0 saturated carbocycles. The van der Waals surface area contributed by atoms with Gasteiger partial charge in [0.1, 0.15) is 11.6 Å². The molecule has 2 aromatic rings. The van der Waals surface area contributed by atoms with E-state index in [1.54, 1.807) is 12.1 Å². The van der Waals surface area contributed by atoms with Crippen LogP contribution >= 0.6 is 12.2 Å². The van der Waals surface area contributed by atoms with E-state index in [2.05, 4.69) is 12.1 Å². The Hall–Kier alpha value is -1.94. The molecule has 1 aliphatic carbocycles. The van der Waals surface area contributed by atoms with Crippen LogP contribution in [0.1, 0.15) is 28.7 Å². The van der Waals surface area contributed by atoms with Crippen molar-refractivity contribution < 1.29 is 9.13 Å². The molecule has 3 rings (SSSR count). The lowest BCUT2D eigenvalue weighted by Gasteiger charge is -2.09. The van der Waals surface area contributed by atoms with E-state index in [-0.39, 0.29) is 10.7 Å². The van der Waals surface area contributed by atoms with Gasteiger partial charge in [0.05, 0.1) is 0 Å². The number of hydrogen-bond acceptors (Lipinski definition) is 2. The maximum absolute atomic E-state index is 13.9. The highest BCUT2D eigenvalue weighted by molar-refractivity contribution is 7.80. The molecule has 0 amide bonds. The fourth-order valence-corrected chi connectivity index (χ4v) is 2.77. The molecular formula is C17H16FNOS. The summed E-state index contributed by atoms with van der Waals surface area (Å²) >= 11 is 4.82. The number of hydrogen-bond donors (Lipinski definition) is 1. The van der Waals surface area contributed by atoms with Crippen molar-refractivity contribution in [3.63, 3.8) is 0 Å². The van der Waals surface area contributed by atoms with Gasteiger partial charge in [0.25, 0.3) is 0 Å². The van der Waals surface area contributed by atoms with Crippen molar-refractivity contribution in [2.75, 3.05) is 0 Å². The fourth-order valence-electron chi connectivity index (χ4n) is 2.65. The van der Waals surface area contributed by atoms with E-state index < -0.39 is 5.82 Å². The Morgan fingerprint density at radius 2 is 1.95 bits per heavy atom. The van der Waals surface area contributed by atoms with Crippen molar-refractivity contribution in [1.29, 1.82) is 0 Å². The standard InChI is InChI=1S/C17H16FNOS/c18-15-9-14(17(19)21)6-7-16(15)20-10-11-4-5-12-2-1-3-13(12)8-11/h4-9H,1-3,10H2,(H2,19,21). The van der Waals surface area contributed by atoms with E-state index in [1.807, 2.05) is 6.07 Å². The Morgan fingerprint density at radius 3 is 2.71 bits per heavy atom. The summed E-state index contributed by atoms with van der Waals surface area (Å²) in [5, 5.41) is 0. The van der Waals surface area contributed by atoms with E-state index in [4.69, 9.17) is 22.7 Å². The Labute approximate surface area is 128 Å². The topological polar surface area (TPSA) is 35.2 Å². The smallest absolute Gasteiger partial charge is 0.165 e. The number of aryl methyl sites for hydroxylation is 2. The number of ether oxygens (including phenoxy) is 1. The largest absolute Gasteiger partial charge is 0.486 e. The number of fused-ring (bicyclic) bond motifs is 1. The monoisotopic (exact) mass is 301 g/mol. The van der Waals surface area contributed by atoms with E-state index >= 15 is 0 Å². The number of rotatable bonds is 4. The van der Waals surface area contributed by atoms with Gasteiger partial charge in [0, 0.05) is 5.56 Å². The molecule has 2 aromatic carbocycles. The summed E-state index contributed by atoms with van der Waals surface area (Å²) in [6.45, 7) is 0.358. The van der Waals surface area contributed by atoms with Crippen molar-refractivity contribution in [2.45, 2.75) is 25.9 Å². The van der Waals surface area contributed by atoms with Gasteiger partial charge in [-0.1, -0.05) is 30.4 Å². The Kier molecular flexibility index (Phi) is 3.88. The van der Waals surface area contributed by atoms with E-state index in [0.29, 0.717) is 12.2 Å². The van der Waals surface area contributed by atoms with Crippen LogP contribution in [0.4, 0.5) is 4.39 Å². The molecule has 0 heterocycles. The molecule has 0 aliphatic heterocycles. The molecule has 0 spiro atoms. The Balaban J connectivity index is 1.71. The molecule has 2 nitrogen and oxygen atoms in total. The molecule has 0 fully saturated rings. The molecule has 108 valence electrons.